The molecule has 3 aromatic rings. The smallest absolute Gasteiger partial charge is 0.234 e. The van der Waals surface area contributed by atoms with Crippen molar-refractivity contribution in [1.29, 1.82) is 0 Å². The van der Waals surface area contributed by atoms with Crippen LogP contribution in [0.2, 0.25) is 0 Å². The Hall–Kier alpha value is -2.51. The Morgan fingerprint density at radius 2 is 1.84 bits per heavy atom. The summed E-state index contributed by atoms with van der Waals surface area (Å²) >= 11 is 3.20. The number of nitrogens with zero attached hydrogens (tertiary/aromatic N) is 3. The highest BCUT2D eigenvalue weighted by Crippen LogP contribution is 2.25. The van der Waals surface area contributed by atoms with Crippen LogP contribution >= 0.6 is 23.5 Å². The number of para-hydroxylation sites is 1. The molecule has 0 aliphatic carbocycles. The second kappa shape index (κ2) is 11.8. The second-order valence-electron chi connectivity index (χ2n) is 7.36. The molecular weight excluding hydrogens is 424 g/mol. The van der Waals surface area contributed by atoms with Gasteiger partial charge in [-0.15, -0.1) is 28.5 Å². The number of allylic oxidation sites excluding steroid dienone is 1. The van der Waals surface area contributed by atoms with E-state index in [-0.39, 0.29) is 11.7 Å². The van der Waals surface area contributed by atoms with E-state index in [4.69, 9.17) is 0 Å². The lowest BCUT2D eigenvalue weighted by Gasteiger charge is -2.13. The third-order valence-electron chi connectivity index (χ3n) is 4.64. The molecule has 0 saturated heterocycles. The van der Waals surface area contributed by atoms with Crippen molar-refractivity contribution in [2.24, 2.45) is 0 Å². The van der Waals surface area contributed by atoms with Crippen molar-refractivity contribution in [3.8, 4) is 0 Å². The van der Waals surface area contributed by atoms with E-state index in [0.717, 1.165) is 33.7 Å². The first kappa shape index (κ1) is 23.2. The van der Waals surface area contributed by atoms with Crippen molar-refractivity contribution in [3.63, 3.8) is 0 Å². The Balaban J connectivity index is 1.58. The predicted molar refractivity (Wildman–Crippen MR) is 132 cm³/mol. The van der Waals surface area contributed by atoms with Crippen molar-refractivity contribution in [3.05, 3.63) is 84.2 Å². The maximum Gasteiger partial charge on any atom is 0.234 e. The average molecular weight is 453 g/mol. The minimum Gasteiger partial charge on any atom is -0.325 e. The lowest BCUT2D eigenvalue weighted by Crippen LogP contribution is -2.16. The van der Waals surface area contributed by atoms with Crippen molar-refractivity contribution in [1.82, 2.24) is 14.8 Å². The third-order valence-corrected chi connectivity index (χ3v) is 6.60. The first-order valence-electron chi connectivity index (χ1n) is 10.2. The lowest BCUT2D eigenvalue weighted by atomic mass is 10.0. The second-order valence-corrected chi connectivity index (χ2v) is 9.28. The fourth-order valence-corrected chi connectivity index (χ4v) is 4.80. The topological polar surface area (TPSA) is 59.8 Å². The van der Waals surface area contributed by atoms with Gasteiger partial charge in [0.2, 0.25) is 5.91 Å². The third kappa shape index (κ3) is 6.74. The number of amides is 1. The molecule has 1 heterocycles. The molecule has 0 atom stereocenters. The Kier molecular flexibility index (Phi) is 8.79. The van der Waals surface area contributed by atoms with Gasteiger partial charge < -0.3 is 9.88 Å². The molecule has 0 saturated carbocycles. The van der Waals surface area contributed by atoms with E-state index >= 15 is 0 Å². The molecule has 0 spiro atoms. The van der Waals surface area contributed by atoms with E-state index in [9.17, 15) is 4.79 Å². The maximum absolute atomic E-state index is 12.6. The number of benzene rings is 2. The normalized spacial score (nSPS) is 10.9. The monoisotopic (exact) mass is 452 g/mol. The summed E-state index contributed by atoms with van der Waals surface area (Å²) < 4.78 is 2.03. The predicted octanol–water partition coefficient (Wildman–Crippen LogP) is 5.75. The number of thioether (sulfide) groups is 2. The van der Waals surface area contributed by atoms with Gasteiger partial charge in [0.05, 0.1) is 11.5 Å². The molecule has 0 radical (unpaired) electrons. The first-order valence-corrected chi connectivity index (χ1v) is 12.4. The van der Waals surface area contributed by atoms with E-state index in [0.29, 0.717) is 12.5 Å². The van der Waals surface area contributed by atoms with Gasteiger partial charge in [0.15, 0.2) is 5.16 Å². The molecule has 1 amide bonds. The van der Waals surface area contributed by atoms with Crippen LogP contribution in [0.15, 0.2) is 72.4 Å². The lowest BCUT2D eigenvalue weighted by molar-refractivity contribution is -0.113. The molecule has 0 bridgehead atoms. The van der Waals surface area contributed by atoms with Gasteiger partial charge in [-0.1, -0.05) is 80.2 Å². The highest BCUT2D eigenvalue weighted by molar-refractivity contribution is 7.99. The summed E-state index contributed by atoms with van der Waals surface area (Å²) in [5.41, 5.74) is 3.29. The van der Waals surface area contributed by atoms with Crippen LogP contribution in [0.5, 0.6) is 0 Å². The molecule has 3 rings (SSSR count). The number of hydrogen-bond donors (Lipinski definition) is 1. The van der Waals surface area contributed by atoms with Crippen LogP contribution in [0.25, 0.3) is 0 Å². The zero-order valence-electron chi connectivity index (χ0n) is 18.0. The van der Waals surface area contributed by atoms with Gasteiger partial charge in [-0.3, -0.25) is 4.79 Å². The molecule has 2 aromatic carbocycles. The van der Waals surface area contributed by atoms with E-state index in [1.807, 2.05) is 41.0 Å². The van der Waals surface area contributed by atoms with E-state index < -0.39 is 0 Å². The number of carbonyl (C=O) groups is 1. The van der Waals surface area contributed by atoms with Crippen LogP contribution < -0.4 is 5.32 Å². The first-order chi connectivity index (χ1) is 15.1. The van der Waals surface area contributed by atoms with Crippen LogP contribution in [-0.4, -0.2) is 26.4 Å². The van der Waals surface area contributed by atoms with Crippen LogP contribution in [0, 0.1) is 0 Å². The Morgan fingerprint density at radius 1 is 1.10 bits per heavy atom. The van der Waals surface area contributed by atoms with Gasteiger partial charge in [0, 0.05) is 18.0 Å². The molecule has 0 aliphatic heterocycles. The van der Waals surface area contributed by atoms with Crippen LogP contribution in [0.3, 0.4) is 0 Å². The highest BCUT2D eigenvalue weighted by atomic mass is 32.2. The summed E-state index contributed by atoms with van der Waals surface area (Å²) in [7, 11) is 0. The molecule has 1 aromatic heterocycles. The molecule has 0 aliphatic rings. The summed E-state index contributed by atoms with van der Waals surface area (Å²) in [6.07, 6.45) is 1.83. The van der Waals surface area contributed by atoms with Gasteiger partial charge in [-0.05, 0) is 23.1 Å². The minimum absolute atomic E-state index is 0.0498. The molecule has 162 valence electrons. The highest BCUT2D eigenvalue weighted by Gasteiger charge is 2.15. The van der Waals surface area contributed by atoms with Crippen molar-refractivity contribution >= 4 is 35.1 Å². The number of aromatic nitrogens is 3. The number of nitrogens with one attached hydrogen (secondary N) is 1. The molecule has 0 unspecified atom stereocenters. The zero-order chi connectivity index (χ0) is 22.1. The summed E-state index contributed by atoms with van der Waals surface area (Å²) in [6.45, 7) is 8.71. The standard InChI is InChI=1S/C24H28N4OS2/c1-4-14-28-22(16-30-15-19-10-6-5-7-11-19)26-27-24(28)31-17-23(29)25-21-13-9-8-12-20(21)18(2)3/h4-13,18H,1,14-17H2,2-3H3,(H,25,29). The summed E-state index contributed by atoms with van der Waals surface area (Å²) in [5.74, 6) is 3.14. The molecule has 7 heteroatoms. The fraction of sp³-hybridized carbons (Fsp3) is 0.292. The molecule has 31 heavy (non-hydrogen) atoms. The fourth-order valence-electron chi connectivity index (χ4n) is 3.11. The number of anilines is 1. The Morgan fingerprint density at radius 3 is 2.58 bits per heavy atom. The largest absolute Gasteiger partial charge is 0.325 e. The van der Waals surface area contributed by atoms with Gasteiger partial charge in [0.1, 0.15) is 5.82 Å². The van der Waals surface area contributed by atoms with Gasteiger partial charge in [-0.2, -0.15) is 0 Å². The molecule has 1 N–H and O–H groups in total. The minimum atomic E-state index is -0.0498. The summed E-state index contributed by atoms with van der Waals surface area (Å²) in [6, 6.07) is 18.3. The van der Waals surface area contributed by atoms with Crippen molar-refractivity contribution in [2.45, 2.75) is 43.0 Å². The molecule has 0 fully saturated rings. The van der Waals surface area contributed by atoms with Crippen LogP contribution in [-0.2, 0) is 22.8 Å². The van der Waals surface area contributed by atoms with Gasteiger partial charge in [0.25, 0.3) is 0 Å². The number of carbonyl (C=O) groups excluding carboxylic acids is 1. The quantitative estimate of drug-likeness (QED) is 0.296. The van der Waals surface area contributed by atoms with E-state index in [2.05, 4.69) is 60.2 Å². The molecule has 5 nitrogen and oxygen atoms in total. The zero-order valence-corrected chi connectivity index (χ0v) is 19.6. The van der Waals surface area contributed by atoms with Crippen molar-refractivity contribution in [2.75, 3.05) is 11.1 Å². The van der Waals surface area contributed by atoms with Gasteiger partial charge >= 0.3 is 0 Å². The van der Waals surface area contributed by atoms with E-state index in [1.54, 1.807) is 11.8 Å². The summed E-state index contributed by atoms with van der Waals surface area (Å²) in [5, 5.41) is 12.4. The van der Waals surface area contributed by atoms with E-state index in [1.165, 1.54) is 17.3 Å². The van der Waals surface area contributed by atoms with Crippen LogP contribution in [0.1, 0.15) is 36.7 Å². The van der Waals surface area contributed by atoms with Gasteiger partial charge in [-0.25, -0.2) is 0 Å². The Labute approximate surface area is 192 Å². The van der Waals surface area contributed by atoms with Crippen molar-refractivity contribution < 1.29 is 4.79 Å². The van der Waals surface area contributed by atoms with Crippen LogP contribution in [0.4, 0.5) is 5.69 Å². The Bertz CT molecular complexity index is 1000. The molecular formula is C24H28N4OS2. The summed E-state index contributed by atoms with van der Waals surface area (Å²) in [4.78, 5) is 12.6. The number of rotatable bonds is 11. The SMILES string of the molecule is C=CCn1c(CSCc2ccccc2)nnc1SCC(=O)Nc1ccccc1C(C)C. The maximum atomic E-state index is 12.6. The number of hydrogen-bond acceptors (Lipinski definition) is 5. The average Bonchev–Trinajstić information content (AvgIpc) is 3.15.